The fourth-order valence-electron chi connectivity index (χ4n) is 2.05. The van der Waals surface area contributed by atoms with Crippen LogP contribution in [0.4, 0.5) is 10.1 Å². The van der Waals surface area contributed by atoms with Crippen molar-refractivity contribution in [3.05, 3.63) is 71.4 Å². The van der Waals surface area contributed by atoms with Crippen LogP contribution in [0.25, 0.3) is 5.69 Å². The van der Waals surface area contributed by atoms with Crippen molar-refractivity contribution < 1.29 is 4.39 Å². The molecule has 1 aromatic carbocycles. The maximum Gasteiger partial charge on any atom is 0.292 e. The van der Waals surface area contributed by atoms with E-state index in [9.17, 15) is 9.18 Å². The summed E-state index contributed by atoms with van der Waals surface area (Å²) in [6.45, 7) is 0. The van der Waals surface area contributed by atoms with Crippen LogP contribution in [0.15, 0.2) is 50.2 Å². The number of nitrogens with zero attached hydrogens (tertiary/aromatic N) is 4. The van der Waals surface area contributed by atoms with Crippen molar-refractivity contribution in [1.82, 2.24) is 9.78 Å². The summed E-state index contributed by atoms with van der Waals surface area (Å²) in [7, 11) is 1.65. The van der Waals surface area contributed by atoms with Crippen LogP contribution in [-0.2, 0) is 0 Å². The first kappa shape index (κ1) is 19.0. The van der Waals surface area contributed by atoms with Crippen molar-refractivity contribution >= 4 is 62.4 Å². The number of halogens is 4. The Morgan fingerprint density at radius 2 is 2.12 bits per heavy atom. The van der Waals surface area contributed by atoms with Gasteiger partial charge >= 0.3 is 0 Å². The van der Waals surface area contributed by atoms with Gasteiger partial charge in [0.05, 0.1) is 26.9 Å². The Hall–Kier alpha value is -1.74. The molecule has 0 radical (unpaired) electrons. The largest absolute Gasteiger partial charge is 0.292 e. The molecule has 0 bridgehead atoms. The molecule has 0 aliphatic carbocycles. The molecule has 10 heteroatoms. The molecule has 0 saturated heterocycles. The van der Waals surface area contributed by atoms with Gasteiger partial charge in [-0.2, -0.15) is 14.9 Å². The summed E-state index contributed by atoms with van der Waals surface area (Å²) in [4.78, 5) is 13.4. The highest BCUT2D eigenvalue weighted by Crippen LogP contribution is 2.23. The van der Waals surface area contributed by atoms with Crippen LogP contribution < -0.4 is 10.6 Å². The van der Waals surface area contributed by atoms with Gasteiger partial charge in [-0.3, -0.25) is 9.80 Å². The average Bonchev–Trinajstić information content (AvgIpc) is 3.03. The fraction of sp³-hybridized carbons (Fsp3) is 0.0625. The molecule has 2 aromatic heterocycles. The number of hydrogen-bond donors (Lipinski definition) is 0. The predicted octanol–water partition coefficient (Wildman–Crippen LogP) is 4.97. The maximum atomic E-state index is 13.3. The third kappa shape index (κ3) is 3.98. The minimum atomic E-state index is -0.583. The van der Waals surface area contributed by atoms with Crippen LogP contribution in [0, 0.1) is 5.82 Å². The molecule has 2 heterocycles. The summed E-state index contributed by atoms with van der Waals surface area (Å²) in [6, 6.07) is 7.67. The van der Waals surface area contributed by atoms with Gasteiger partial charge in [-0.15, -0.1) is 11.3 Å². The average molecular weight is 476 g/mol. The quantitative estimate of drug-likeness (QED) is 0.395. The molecule has 3 rings (SSSR count). The van der Waals surface area contributed by atoms with E-state index in [0.717, 1.165) is 19.4 Å². The highest BCUT2D eigenvalue weighted by Gasteiger charge is 2.14. The lowest BCUT2D eigenvalue weighted by molar-refractivity contribution is 0.627. The van der Waals surface area contributed by atoms with Gasteiger partial charge in [-0.25, -0.2) is 4.39 Å². The van der Waals surface area contributed by atoms with E-state index in [-0.39, 0.29) is 10.0 Å². The van der Waals surface area contributed by atoms with E-state index >= 15 is 0 Å². The first-order chi connectivity index (χ1) is 12.4. The Morgan fingerprint density at radius 3 is 2.77 bits per heavy atom. The van der Waals surface area contributed by atoms with Crippen LogP contribution in [0.1, 0.15) is 4.88 Å². The van der Waals surface area contributed by atoms with Gasteiger partial charge in [0.1, 0.15) is 16.5 Å². The second-order valence-corrected chi connectivity index (χ2v) is 8.35. The number of hydrazone groups is 1. The van der Waals surface area contributed by atoms with Crippen LogP contribution in [0.3, 0.4) is 0 Å². The Balaban J connectivity index is 1.92. The second-order valence-electron chi connectivity index (χ2n) is 5.07. The zero-order valence-electron chi connectivity index (χ0n) is 13.2. The minimum absolute atomic E-state index is 0.0625. The summed E-state index contributed by atoms with van der Waals surface area (Å²) < 4.78 is 15.3. The van der Waals surface area contributed by atoms with E-state index in [1.54, 1.807) is 13.3 Å². The Morgan fingerprint density at radius 1 is 1.35 bits per heavy atom. The van der Waals surface area contributed by atoms with Gasteiger partial charge < -0.3 is 0 Å². The molecule has 0 unspecified atom stereocenters. The van der Waals surface area contributed by atoms with Crippen molar-refractivity contribution in [2.75, 3.05) is 12.1 Å². The second kappa shape index (κ2) is 7.87. The van der Waals surface area contributed by atoms with Crippen molar-refractivity contribution in [1.29, 1.82) is 0 Å². The molecule has 0 spiro atoms. The van der Waals surface area contributed by atoms with Crippen LogP contribution >= 0.6 is 50.5 Å². The minimum Gasteiger partial charge on any atom is -0.266 e. The molecule has 26 heavy (non-hydrogen) atoms. The standard InChI is InChI=1S/C16H10BrCl2FN4OS/c1-23(21-7-10-3-5-14(17)26-10)13-8-22-24(16(25)15(13)19)9-2-4-12(20)11(18)6-9/h2-8H,1H3/b21-7-. The third-order valence-electron chi connectivity index (χ3n) is 3.35. The number of benzene rings is 1. The lowest BCUT2D eigenvalue weighted by Crippen LogP contribution is -2.24. The first-order valence-corrected chi connectivity index (χ1v) is 9.49. The molecule has 5 nitrogen and oxygen atoms in total. The molecule has 0 saturated carbocycles. The van der Waals surface area contributed by atoms with Gasteiger partial charge in [0, 0.05) is 11.9 Å². The Kier molecular flexibility index (Phi) is 5.76. The topological polar surface area (TPSA) is 50.5 Å². The summed E-state index contributed by atoms with van der Waals surface area (Å²) in [5.74, 6) is -0.583. The lowest BCUT2D eigenvalue weighted by atomic mass is 10.3. The third-order valence-corrected chi connectivity index (χ3v) is 5.55. The Bertz CT molecular complexity index is 1050. The van der Waals surface area contributed by atoms with Crippen molar-refractivity contribution in [3.8, 4) is 5.69 Å². The van der Waals surface area contributed by atoms with E-state index in [0.29, 0.717) is 11.4 Å². The summed E-state index contributed by atoms with van der Waals surface area (Å²) in [5.41, 5.74) is 0.0881. The molecule has 134 valence electrons. The van der Waals surface area contributed by atoms with Gasteiger partial charge in [-0.05, 0) is 46.3 Å². The lowest BCUT2D eigenvalue weighted by Gasteiger charge is -2.15. The number of thiophene rings is 1. The Labute approximate surface area is 170 Å². The molecule has 0 N–H and O–H groups in total. The normalized spacial score (nSPS) is 11.3. The molecule has 0 atom stereocenters. The molecule has 3 aromatic rings. The maximum absolute atomic E-state index is 13.3. The van der Waals surface area contributed by atoms with Gasteiger partial charge in [0.2, 0.25) is 0 Å². The van der Waals surface area contributed by atoms with E-state index in [1.807, 2.05) is 12.1 Å². The van der Waals surface area contributed by atoms with Crippen LogP contribution in [0.5, 0.6) is 0 Å². The van der Waals surface area contributed by atoms with E-state index in [2.05, 4.69) is 26.1 Å². The molecule has 0 amide bonds. The van der Waals surface area contributed by atoms with Crippen molar-refractivity contribution in [2.45, 2.75) is 0 Å². The number of rotatable bonds is 4. The molecule has 0 aliphatic heterocycles. The zero-order chi connectivity index (χ0) is 18.8. The molecular formula is C16H10BrCl2FN4OS. The predicted molar refractivity (Wildman–Crippen MR) is 108 cm³/mol. The number of aromatic nitrogens is 2. The highest BCUT2D eigenvalue weighted by molar-refractivity contribution is 9.11. The highest BCUT2D eigenvalue weighted by atomic mass is 79.9. The van der Waals surface area contributed by atoms with E-state index in [1.165, 1.54) is 34.7 Å². The molecule has 0 fully saturated rings. The van der Waals surface area contributed by atoms with Crippen LogP contribution in [0.2, 0.25) is 10.0 Å². The van der Waals surface area contributed by atoms with Crippen molar-refractivity contribution in [2.24, 2.45) is 5.10 Å². The fourth-order valence-corrected chi connectivity index (χ4v) is 3.77. The van der Waals surface area contributed by atoms with Gasteiger partial charge in [0.15, 0.2) is 0 Å². The van der Waals surface area contributed by atoms with Gasteiger partial charge in [-0.1, -0.05) is 23.2 Å². The summed E-state index contributed by atoms with van der Waals surface area (Å²) in [5, 5.41) is 9.62. The molecular weight excluding hydrogens is 466 g/mol. The number of hydrogen-bond acceptors (Lipinski definition) is 5. The van der Waals surface area contributed by atoms with Crippen molar-refractivity contribution in [3.63, 3.8) is 0 Å². The monoisotopic (exact) mass is 474 g/mol. The van der Waals surface area contributed by atoms with E-state index in [4.69, 9.17) is 23.2 Å². The SMILES string of the molecule is CN(/N=C\c1ccc(Br)s1)c1cnn(-c2ccc(F)c(Cl)c2)c(=O)c1Cl. The summed E-state index contributed by atoms with van der Waals surface area (Å²) in [6.07, 6.45) is 3.06. The zero-order valence-corrected chi connectivity index (χ0v) is 17.1. The first-order valence-electron chi connectivity index (χ1n) is 7.13. The molecule has 0 aliphatic rings. The van der Waals surface area contributed by atoms with Gasteiger partial charge in [0.25, 0.3) is 5.56 Å². The smallest absolute Gasteiger partial charge is 0.266 e. The number of anilines is 1. The van der Waals surface area contributed by atoms with E-state index < -0.39 is 11.4 Å². The van der Waals surface area contributed by atoms with Crippen LogP contribution in [-0.4, -0.2) is 23.0 Å². The summed E-state index contributed by atoms with van der Waals surface area (Å²) >= 11 is 16.9.